The Morgan fingerprint density at radius 3 is 2.46 bits per heavy atom. The lowest BCUT2D eigenvalue weighted by Crippen LogP contribution is -2.36. The highest BCUT2D eigenvalue weighted by Crippen LogP contribution is 2.18. The molecule has 0 saturated carbocycles. The number of benzene rings is 1. The van der Waals surface area contributed by atoms with Gasteiger partial charge in [0.2, 0.25) is 0 Å². The molecule has 1 aromatic heterocycles. The van der Waals surface area contributed by atoms with Crippen LogP contribution < -0.4 is 10.6 Å². The van der Waals surface area contributed by atoms with Crippen LogP contribution in [-0.4, -0.2) is 42.6 Å². The fourth-order valence-electron chi connectivity index (χ4n) is 2.76. The summed E-state index contributed by atoms with van der Waals surface area (Å²) in [6, 6.07) is 9.94. The molecule has 1 aliphatic rings. The Morgan fingerprint density at radius 2 is 1.85 bits per heavy atom. The van der Waals surface area contributed by atoms with Gasteiger partial charge in [-0.3, -0.25) is 14.6 Å². The molecule has 2 N–H and O–H groups in total. The van der Waals surface area contributed by atoms with Crippen LogP contribution in [0.5, 0.6) is 0 Å². The second-order valence-electron chi connectivity index (χ2n) is 6.26. The second kappa shape index (κ2) is 7.25. The van der Waals surface area contributed by atoms with Crippen molar-refractivity contribution in [2.24, 2.45) is 0 Å². The van der Waals surface area contributed by atoms with Crippen LogP contribution in [0, 0.1) is 0 Å². The summed E-state index contributed by atoms with van der Waals surface area (Å²) in [5, 5.41) is 5.86. The SMILES string of the molecule is CC(=O)c1ccc(Nc2ccnc(C(=O)NC3CCS(=O)(=O)C3)c2)cc1. The molecule has 2 heterocycles. The molecule has 7 nitrogen and oxygen atoms in total. The van der Waals surface area contributed by atoms with E-state index in [-0.39, 0.29) is 29.0 Å². The maximum Gasteiger partial charge on any atom is 0.270 e. The van der Waals surface area contributed by atoms with E-state index in [1.54, 1.807) is 36.4 Å². The molecule has 0 radical (unpaired) electrons. The Labute approximate surface area is 151 Å². The number of sulfone groups is 1. The zero-order valence-electron chi connectivity index (χ0n) is 14.2. The van der Waals surface area contributed by atoms with Crippen LogP contribution >= 0.6 is 0 Å². The monoisotopic (exact) mass is 373 g/mol. The molecule has 1 atom stereocenters. The maximum atomic E-state index is 12.3. The van der Waals surface area contributed by atoms with E-state index < -0.39 is 15.7 Å². The van der Waals surface area contributed by atoms with E-state index >= 15 is 0 Å². The molecule has 1 aliphatic heterocycles. The maximum absolute atomic E-state index is 12.3. The van der Waals surface area contributed by atoms with Crippen LogP contribution in [0.2, 0.25) is 0 Å². The number of Topliss-reactive ketones (excluding diaryl/α,β-unsaturated/α-hetero) is 1. The summed E-state index contributed by atoms with van der Waals surface area (Å²) in [5.74, 6) is -0.335. The number of rotatable bonds is 5. The Hall–Kier alpha value is -2.74. The van der Waals surface area contributed by atoms with Gasteiger partial charge in [-0.05, 0) is 49.7 Å². The van der Waals surface area contributed by atoms with E-state index in [2.05, 4.69) is 15.6 Å². The van der Waals surface area contributed by atoms with Crippen molar-refractivity contribution in [3.05, 3.63) is 53.9 Å². The van der Waals surface area contributed by atoms with Gasteiger partial charge in [-0.15, -0.1) is 0 Å². The summed E-state index contributed by atoms with van der Waals surface area (Å²) < 4.78 is 23.0. The second-order valence-corrected chi connectivity index (χ2v) is 8.49. The third-order valence-electron chi connectivity index (χ3n) is 4.14. The Bertz CT molecular complexity index is 939. The van der Waals surface area contributed by atoms with Crippen molar-refractivity contribution in [3.63, 3.8) is 0 Å². The molecule has 1 fully saturated rings. The Morgan fingerprint density at radius 1 is 1.12 bits per heavy atom. The van der Waals surface area contributed by atoms with Gasteiger partial charge in [0.1, 0.15) is 5.69 Å². The number of carbonyl (C=O) groups excluding carboxylic acids is 2. The predicted molar refractivity (Wildman–Crippen MR) is 98.5 cm³/mol. The minimum atomic E-state index is -3.05. The van der Waals surface area contributed by atoms with E-state index in [4.69, 9.17) is 0 Å². The van der Waals surface area contributed by atoms with Crippen LogP contribution in [0.15, 0.2) is 42.6 Å². The van der Waals surface area contributed by atoms with Gasteiger partial charge in [0.05, 0.1) is 11.5 Å². The van der Waals surface area contributed by atoms with E-state index in [0.717, 1.165) is 5.69 Å². The lowest BCUT2D eigenvalue weighted by atomic mass is 10.1. The molecule has 1 aromatic carbocycles. The molecule has 1 unspecified atom stereocenters. The standard InChI is InChI=1S/C18H19N3O4S/c1-12(22)13-2-4-14(5-3-13)20-15-6-8-19-17(10-15)18(23)21-16-7-9-26(24,25)11-16/h2-6,8,10,16H,7,9,11H2,1H3,(H,19,20)(H,21,23). The number of hydrogen-bond donors (Lipinski definition) is 2. The highest BCUT2D eigenvalue weighted by molar-refractivity contribution is 7.91. The Balaban J connectivity index is 1.67. The molecule has 26 heavy (non-hydrogen) atoms. The van der Waals surface area contributed by atoms with E-state index in [0.29, 0.717) is 17.7 Å². The van der Waals surface area contributed by atoms with Crippen molar-refractivity contribution in [2.75, 3.05) is 16.8 Å². The third-order valence-corrected chi connectivity index (χ3v) is 5.91. The first-order chi connectivity index (χ1) is 12.3. The molecule has 1 saturated heterocycles. The van der Waals surface area contributed by atoms with Crippen molar-refractivity contribution in [1.29, 1.82) is 0 Å². The van der Waals surface area contributed by atoms with Crippen molar-refractivity contribution in [3.8, 4) is 0 Å². The fraction of sp³-hybridized carbons (Fsp3) is 0.278. The third kappa shape index (κ3) is 4.45. The van der Waals surface area contributed by atoms with E-state index in [1.165, 1.54) is 13.1 Å². The molecule has 8 heteroatoms. The van der Waals surface area contributed by atoms with Gasteiger partial charge in [-0.1, -0.05) is 0 Å². The molecule has 136 valence electrons. The van der Waals surface area contributed by atoms with Crippen LogP contribution in [0.4, 0.5) is 11.4 Å². The summed E-state index contributed by atoms with van der Waals surface area (Å²) >= 11 is 0. The number of hydrogen-bond acceptors (Lipinski definition) is 6. The van der Waals surface area contributed by atoms with Crippen LogP contribution in [0.3, 0.4) is 0 Å². The van der Waals surface area contributed by atoms with Gasteiger partial charge >= 0.3 is 0 Å². The molecule has 2 aromatic rings. The summed E-state index contributed by atoms with van der Waals surface area (Å²) in [6.45, 7) is 1.51. The molecule has 0 aliphatic carbocycles. The van der Waals surface area contributed by atoms with E-state index in [9.17, 15) is 18.0 Å². The highest BCUT2D eigenvalue weighted by Gasteiger charge is 2.29. The minimum absolute atomic E-state index is 0.00616. The topological polar surface area (TPSA) is 105 Å². The van der Waals surface area contributed by atoms with Crippen molar-refractivity contribution >= 4 is 32.9 Å². The number of anilines is 2. The van der Waals surface area contributed by atoms with Gasteiger partial charge < -0.3 is 10.6 Å². The van der Waals surface area contributed by atoms with Gasteiger partial charge in [0, 0.05) is 29.2 Å². The van der Waals surface area contributed by atoms with E-state index in [1.807, 2.05) is 0 Å². The summed E-state index contributed by atoms with van der Waals surface area (Å²) in [6.07, 6.45) is 1.93. The molecular formula is C18H19N3O4S. The zero-order valence-corrected chi connectivity index (χ0v) is 15.0. The molecular weight excluding hydrogens is 354 g/mol. The molecule has 1 amide bonds. The fourth-order valence-corrected chi connectivity index (χ4v) is 4.43. The summed E-state index contributed by atoms with van der Waals surface area (Å²) in [7, 11) is -3.05. The molecule has 0 bridgehead atoms. The number of nitrogens with zero attached hydrogens (tertiary/aromatic N) is 1. The summed E-state index contributed by atoms with van der Waals surface area (Å²) in [4.78, 5) is 27.7. The first kappa shape index (κ1) is 18.1. The number of nitrogens with one attached hydrogen (secondary N) is 2. The smallest absolute Gasteiger partial charge is 0.270 e. The zero-order chi connectivity index (χ0) is 18.7. The lowest BCUT2D eigenvalue weighted by Gasteiger charge is -2.12. The normalized spacial score (nSPS) is 18.3. The first-order valence-corrected chi connectivity index (χ1v) is 10.00. The van der Waals surface area contributed by atoms with Crippen molar-refractivity contribution in [1.82, 2.24) is 10.3 Å². The van der Waals surface area contributed by atoms with Crippen molar-refractivity contribution in [2.45, 2.75) is 19.4 Å². The van der Waals surface area contributed by atoms with Crippen LogP contribution in [0.25, 0.3) is 0 Å². The number of carbonyl (C=O) groups is 2. The average Bonchev–Trinajstić information content (AvgIpc) is 2.94. The average molecular weight is 373 g/mol. The highest BCUT2D eigenvalue weighted by atomic mass is 32.2. The number of pyridine rings is 1. The van der Waals surface area contributed by atoms with Gasteiger partial charge in [0.25, 0.3) is 5.91 Å². The molecule has 0 spiro atoms. The number of ketones is 1. The van der Waals surface area contributed by atoms with Gasteiger partial charge in [-0.25, -0.2) is 8.42 Å². The first-order valence-electron chi connectivity index (χ1n) is 8.18. The van der Waals surface area contributed by atoms with Crippen LogP contribution in [-0.2, 0) is 9.84 Å². The quantitative estimate of drug-likeness (QED) is 0.776. The predicted octanol–water partition coefficient (Wildman–Crippen LogP) is 1.94. The Kier molecular flexibility index (Phi) is 5.03. The molecule has 3 rings (SSSR count). The van der Waals surface area contributed by atoms with Crippen molar-refractivity contribution < 1.29 is 18.0 Å². The lowest BCUT2D eigenvalue weighted by molar-refractivity contribution is 0.0935. The van der Waals surface area contributed by atoms with Gasteiger partial charge in [0.15, 0.2) is 15.6 Å². The van der Waals surface area contributed by atoms with Crippen LogP contribution in [0.1, 0.15) is 34.2 Å². The largest absolute Gasteiger partial charge is 0.355 e. The number of aromatic nitrogens is 1. The number of amides is 1. The van der Waals surface area contributed by atoms with Gasteiger partial charge in [-0.2, -0.15) is 0 Å². The minimum Gasteiger partial charge on any atom is -0.355 e. The summed E-state index contributed by atoms with van der Waals surface area (Å²) in [5.41, 5.74) is 2.27.